The van der Waals surface area contributed by atoms with Crippen LogP contribution in [0, 0.1) is 6.92 Å². The summed E-state index contributed by atoms with van der Waals surface area (Å²) in [5.41, 5.74) is 0.633. The number of anilines is 1. The van der Waals surface area contributed by atoms with E-state index in [0.29, 0.717) is 18.2 Å². The summed E-state index contributed by atoms with van der Waals surface area (Å²) >= 11 is 0. The van der Waals surface area contributed by atoms with Gasteiger partial charge in [0.25, 0.3) is 5.56 Å². The van der Waals surface area contributed by atoms with Gasteiger partial charge in [0.2, 0.25) is 5.95 Å². The van der Waals surface area contributed by atoms with Crippen LogP contribution in [0.4, 0.5) is 5.95 Å². The number of imidazole rings is 2. The molecule has 11 nitrogen and oxygen atoms in total. The molecule has 0 aliphatic carbocycles. The van der Waals surface area contributed by atoms with Crippen LogP contribution in [0.5, 0.6) is 5.75 Å². The summed E-state index contributed by atoms with van der Waals surface area (Å²) in [7, 11) is 3.00. The third-order valence-electron chi connectivity index (χ3n) is 5.61. The molecule has 180 valence electrons. The maximum absolute atomic E-state index is 13.0. The van der Waals surface area contributed by atoms with Crippen molar-refractivity contribution in [3.63, 3.8) is 0 Å². The van der Waals surface area contributed by atoms with Crippen LogP contribution in [-0.4, -0.2) is 52.6 Å². The summed E-state index contributed by atoms with van der Waals surface area (Å²) in [6.07, 6.45) is 5.24. The number of aryl methyl sites for hydroxylation is 3. The molecule has 1 atom stereocenters. The predicted octanol–water partition coefficient (Wildman–Crippen LogP) is 0.881. The maximum Gasteiger partial charge on any atom is 0.332 e. The summed E-state index contributed by atoms with van der Waals surface area (Å²) in [6.45, 7) is 3.41. The standard InChI is InChI=1S/C23H29N7O4/c1-16-6-4-7-18(12-16)34-14-17(31)13-30-19-20(27(2)23(33)28(3)21(19)32)26-22(30)25-8-5-10-29-11-9-24-15-29/h4,6-7,9,11-12,15,17,31H,5,8,10,13-14H2,1-3H3,(H,25,26)/t17-/m1/s1. The fourth-order valence-electron chi connectivity index (χ4n) is 3.80. The lowest BCUT2D eigenvalue weighted by molar-refractivity contribution is 0.0938. The van der Waals surface area contributed by atoms with Gasteiger partial charge in [-0.25, -0.2) is 9.78 Å². The van der Waals surface area contributed by atoms with Crippen molar-refractivity contribution in [3.05, 3.63) is 69.4 Å². The summed E-state index contributed by atoms with van der Waals surface area (Å²) in [5, 5.41) is 14.0. The van der Waals surface area contributed by atoms with Crippen LogP contribution >= 0.6 is 0 Å². The summed E-state index contributed by atoms with van der Waals surface area (Å²) in [4.78, 5) is 33.9. The van der Waals surface area contributed by atoms with Gasteiger partial charge in [-0.2, -0.15) is 4.98 Å². The van der Waals surface area contributed by atoms with Crippen LogP contribution in [0.2, 0.25) is 0 Å². The van der Waals surface area contributed by atoms with Gasteiger partial charge >= 0.3 is 5.69 Å². The van der Waals surface area contributed by atoms with E-state index in [-0.39, 0.29) is 24.3 Å². The minimum atomic E-state index is -0.911. The van der Waals surface area contributed by atoms with Crippen LogP contribution < -0.4 is 21.3 Å². The van der Waals surface area contributed by atoms with Crippen LogP contribution in [0.25, 0.3) is 11.2 Å². The second-order valence-corrected chi connectivity index (χ2v) is 8.29. The molecule has 11 heteroatoms. The average Bonchev–Trinajstić information content (AvgIpc) is 3.46. The highest BCUT2D eigenvalue weighted by Gasteiger charge is 2.21. The number of hydrogen-bond donors (Lipinski definition) is 2. The molecule has 34 heavy (non-hydrogen) atoms. The van der Waals surface area contributed by atoms with Gasteiger partial charge < -0.3 is 24.3 Å². The first-order chi connectivity index (χ1) is 16.3. The zero-order valence-corrected chi connectivity index (χ0v) is 19.5. The Labute approximate surface area is 195 Å². The van der Waals surface area contributed by atoms with Crippen molar-refractivity contribution in [2.45, 2.75) is 32.5 Å². The zero-order valence-electron chi connectivity index (χ0n) is 19.5. The molecule has 3 aromatic heterocycles. The van der Waals surface area contributed by atoms with Crippen molar-refractivity contribution in [2.75, 3.05) is 18.5 Å². The molecule has 0 saturated heterocycles. The second-order valence-electron chi connectivity index (χ2n) is 8.29. The Morgan fingerprint density at radius 1 is 1.21 bits per heavy atom. The lowest BCUT2D eigenvalue weighted by Crippen LogP contribution is -2.38. The van der Waals surface area contributed by atoms with Crippen molar-refractivity contribution in [3.8, 4) is 5.75 Å². The largest absolute Gasteiger partial charge is 0.491 e. The van der Waals surface area contributed by atoms with Crippen LogP contribution in [0.15, 0.2) is 52.6 Å². The van der Waals surface area contributed by atoms with Gasteiger partial charge in [0, 0.05) is 39.6 Å². The number of aliphatic hydroxyl groups excluding tert-OH is 1. The third-order valence-corrected chi connectivity index (χ3v) is 5.61. The third kappa shape index (κ3) is 4.88. The normalized spacial score (nSPS) is 12.2. The van der Waals surface area contributed by atoms with E-state index in [0.717, 1.165) is 23.1 Å². The van der Waals surface area contributed by atoms with E-state index in [1.54, 1.807) is 24.1 Å². The summed E-state index contributed by atoms with van der Waals surface area (Å²) in [5.74, 6) is 1.07. The van der Waals surface area contributed by atoms with Crippen LogP contribution in [-0.2, 0) is 27.2 Å². The van der Waals surface area contributed by atoms with Gasteiger partial charge in [-0.1, -0.05) is 12.1 Å². The van der Waals surface area contributed by atoms with Gasteiger partial charge in [-0.15, -0.1) is 0 Å². The van der Waals surface area contributed by atoms with E-state index < -0.39 is 17.4 Å². The highest BCUT2D eigenvalue weighted by Crippen LogP contribution is 2.18. The number of benzene rings is 1. The van der Waals surface area contributed by atoms with Gasteiger partial charge in [0.05, 0.1) is 12.9 Å². The number of hydrogen-bond acceptors (Lipinski definition) is 7. The van der Waals surface area contributed by atoms with E-state index >= 15 is 0 Å². The van der Waals surface area contributed by atoms with Crippen molar-refractivity contribution >= 4 is 17.1 Å². The Morgan fingerprint density at radius 3 is 2.76 bits per heavy atom. The van der Waals surface area contributed by atoms with Gasteiger partial charge in [-0.05, 0) is 31.0 Å². The molecule has 2 N–H and O–H groups in total. The summed E-state index contributed by atoms with van der Waals surface area (Å²) in [6, 6.07) is 7.56. The van der Waals surface area contributed by atoms with Crippen molar-refractivity contribution in [1.82, 2.24) is 28.2 Å². The van der Waals surface area contributed by atoms with Gasteiger partial charge in [0.15, 0.2) is 11.2 Å². The molecule has 3 heterocycles. The first kappa shape index (κ1) is 23.3. The molecule has 0 aliphatic heterocycles. The molecule has 0 saturated carbocycles. The molecule has 0 amide bonds. The van der Waals surface area contributed by atoms with Crippen molar-refractivity contribution in [2.24, 2.45) is 14.1 Å². The molecule has 0 aliphatic rings. The van der Waals surface area contributed by atoms with E-state index in [4.69, 9.17) is 4.74 Å². The minimum Gasteiger partial charge on any atom is -0.491 e. The SMILES string of the molecule is Cc1cccc(OC[C@H](O)Cn2c(NCCCn3ccnc3)nc3c2c(=O)n(C)c(=O)n3C)c1. The maximum atomic E-state index is 13.0. The lowest BCUT2D eigenvalue weighted by atomic mass is 10.2. The molecule has 0 unspecified atom stereocenters. The number of ether oxygens (including phenoxy) is 1. The fraction of sp³-hybridized carbons (Fsp3) is 0.391. The predicted molar refractivity (Wildman–Crippen MR) is 128 cm³/mol. The topological polar surface area (TPSA) is 121 Å². The molecule has 4 aromatic rings. The Hall–Kier alpha value is -3.86. The Bertz CT molecular complexity index is 1390. The average molecular weight is 468 g/mol. The monoisotopic (exact) mass is 467 g/mol. The number of fused-ring (bicyclic) bond motifs is 1. The molecule has 0 spiro atoms. The molecule has 0 fully saturated rings. The van der Waals surface area contributed by atoms with E-state index in [9.17, 15) is 14.7 Å². The molecular formula is C23H29N7O4. The fourth-order valence-corrected chi connectivity index (χ4v) is 3.80. The van der Waals surface area contributed by atoms with Gasteiger partial charge in [0.1, 0.15) is 18.5 Å². The highest BCUT2D eigenvalue weighted by molar-refractivity contribution is 5.74. The number of aromatic nitrogens is 6. The minimum absolute atomic E-state index is 0.0370. The van der Waals surface area contributed by atoms with Crippen LogP contribution in [0.3, 0.4) is 0 Å². The Kier molecular flexibility index (Phi) is 6.82. The molecule has 4 rings (SSSR count). The van der Waals surface area contributed by atoms with E-state index in [2.05, 4.69) is 15.3 Å². The Morgan fingerprint density at radius 2 is 2.03 bits per heavy atom. The van der Waals surface area contributed by atoms with Crippen molar-refractivity contribution in [1.29, 1.82) is 0 Å². The van der Waals surface area contributed by atoms with Crippen LogP contribution in [0.1, 0.15) is 12.0 Å². The molecular weight excluding hydrogens is 438 g/mol. The Balaban J connectivity index is 1.57. The number of rotatable bonds is 10. The number of nitrogens with zero attached hydrogens (tertiary/aromatic N) is 6. The first-order valence-electron chi connectivity index (χ1n) is 11.1. The highest BCUT2D eigenvalue weighted by atomic mass is 16.5. The van der Waals surface area contributed by atoms with Gasteiger partial charge in [-0.3, -0.25) is 13.9 Å². The molecule has 0 bridgehead atoms. The molecule has 0 radical (unpaired) electrons. The first-order valence-corrected chi connectivity index (χ1v) is 11.1. The lowest BCUT2D eigenvalue weighted by Gasteiger charge is -2.16. The number of nitrogens with one attached hydrogen (secondary N) is 1. The zero-order chi connectivity index (χ0) is 24.2. The van der Waals surface area contributed by atoms with E-state index in [1.165, 1.54) is 11.6 Å². The summed E-state index contributed by atoms with van der Waals surface area (Å²) < 4.78 is 11.7. The van der Waals surface area contributed by atoms with Crippen molar-refractivity contribution < 1.29 is 9.84 Å². The number of aliphatic hydroxyl groups is 1. The second kappa shape index (κ2) is 9.96. The van der Waals surface area contributed by atoms with E-state index in [1.807, 2.05) is 42.0 Å². The molecule has 1 aromatic carbocycles. The smallest absolute Gasteiger partial charge is 0.332 e. The quantitative estimate of drug-likeness (QED) is 0.332.